The molecule has 2 rings (SSSR count). The molecule has 8 heteroatoms. The number of ether oxygens (including phenoxy) is 1. The normalized spacial score (nSPS) is 11.9. The fraction of sp³-hybridized carbons (Fsp3) is 0.364. The molecule has 2 amide bonds. The van der Waals surface area contributed by atoms with Crippen molar-refractivity contribution in [3.05, 3.63) is 62.6 Å². The second-order valence-electron chi connectivity index (χ2n) is 7.30. The molecular weight excluding hydrogens is 447 g/mol. The Labute approximate surface area is 192 Å². The Morgan fingerprint density at radius 1 is 1.03 bits per heavy atom. The molecule has 2 aromatic rings. The van der Waals surface area contributed by atoms with Crippen LogP contribution in [0.25, 0.3) is 0 Å². The van der Waals surface area contributed by atoms with Crippen LogP contribution < -0.4 is 10.1 Å². The standard InChI is InChI=1S/C22H25Cl3N2O3/c1-13(2)26-22(29)15(4)27(11-16-5-6-17(23)10-20(16)25)21(28)12-30-18-7-8-19(24)14(3)9-18/h5-10,13,15H,11-12H2,1-4H3,(H,26,29)/t15-/m0/s1. The number of nitrogens with one attached hydrogen (secondary N) is 1. The molecule has 2 aromatic carbocycles. The van der Waals surface area contributed by atoms with Crippen molar-refractivity contribution in [1.29, 1.82) is 0 Å². The van der Waals surface area contributed by atoms with Crippen molar-refractivity contribution in [2.75, 3.05) is 6.61 Å². The first-order valence-electron chi connectivity index (χ1n) is 9.51. The highest BCUT2D eigenvalue weighted by Gasteiger charge is 2.27. The lowest BCUT2D eigenvalue weighted by Gasteiger charge is -2.29. The Balaban J connectivity index is 2.20. The van der Waals surface area contributed by atoms with E-state index >= 15 is 0 Å². The number of benzene rings is 2. The summed E-state index contributed by atoms with van der Waals surface area (Å²) in [5.74, 6) is -0.0835. The molecule has 0 bridgehead atoms. The Kier molecular flexibility index (Phi) is 8.83. The number of carbonyl (C=O) groups is 2. The average Bonchev–Trinajstić information content (AvgIpc) is 2.67. The summed E-state index contributed by atoms with van der Waals surface area (Å²) in [5.41, 5.74) is 1.53. The number of amides is 2. The number of nitrogens with zero attached hydrogens (tertiary/aromatic N) is 1. The molecule has 0 aromatic heterocycles. The molecule has 30 heavy (non-hydrogen) atoms. The van der Waals surface area contributed by atoms with Crippen molar-refractivity contribution in [3.63, 3.8) is 0 Å². The minimum absolute atomic E-state index is 0.0516. The topological polar surface area (TPSA) is 58.6 Å². The molecule has 0 aliphatic carbocycles. The van der Waals surface area contributed by atoms with Gasteiger partial charge in [0.2, 0.25) is 5.91 Å². The highest BCUT2D eigenvalue weighted by atomic mass is 35.5. The molecule has 1 N–H and O–H groups in total. The van der Waals surface area contributed by atoms with Crippen molar-refractivity contribution in [3.8, 4) is 5.75 Å². The first kappa shape index (κ1) is 24.3. The van der Waals surface area contributed by atoms with Crippen molar-refractivity contribution in [1.82, 2.24) is 10.2 Å². The van der Waals surface area contributed by atoms with Gasteiger partial charge in [-0.1, -0.05) is 40.9 Å². The summed E-state index contributed by atoms with van der Waals surface area (Å²) in [6, 6.07) is 9.42. The van der Waals surface area contributed by atoms with Crippen molar-refractivity contribution in [2.45, 2.75) is 46.3 Å². The van der Waals surface area contributed by atoms with E-state index in [-0.39, 0.29) is 31.0 Å². The van der Waals surface area contributed by atoms with Gasteiger partial charge in [0, 0.05) is 27.7 Å². The van der Waals surface area contributed by atoms with E-state index in [0.29, 0.717) is 26.4 Å². The summed E-state index contributed by atoms with van der Waals surface area (Å²) in [4.78, 5) is 27.0. The zero-order chi connectivity index (χ0) is 22.4. The molecule has 162 valence electrons. The average molecular weight is 472 g/mol. The third-order valence-corrected chi connectivity index (χ3v) is 5.46. The fourth-order valence-electron chi connectivity index (χ4n) is 2.76. The van der Waals surface area contributed by atoms with Crippen LogP contribution in [0, 0.1) is 6.92 Å². The van der Waals surface area contributed by atoms with Gasteiger partial charge in [0.15, 0.2) is 6.61 Å². The molecule has 5 nitrogen and oxygen atoms in total. The molecule has 0 saturated heterocycles. The van der Waals surface area contributed by atoms with Gasteiger partial charge in [0.25, 0.3) is 5.91 Å². The highest BCUT2D eigenvalue weighted by molar-refractivity contribution is 6.35. The second kappa shape index (κ2) is 10.9. The van der Waals surface area contributed by atoms with E-state index < -0.39 is 6.04 Å². The van der Waals surface area contributed by atoms with Gasteiger partial charge in [-0.25, -0.2) is 0 Å². The molecular formula is C22H25Cl3N2O3. The number of hydrogen-bond donors (Lipinski definition) is 1. The lowest BCUT2D eigenvalue weighted by atomic mass is 10.1. The van der Waals surface area contributed by atoms with E-state index in [2.05, 4.69) is 5.32 Å². The van der Waals surface area contributed by atoms with Crippen LogP contribution in [0.2, 0.25) is 15.1 Å². The van der Waals surface area contributed by atoms with Crippen LogP contribution in [-0.2, 0) is 16.1 Å². The number of carbonyl (C=O) groups excluding carboxylic acids is 2. The lowest BCUT2D eigenvalue weighted by Crippen LogP contribution is -2.50. The molecule has 0 radical (unpaired) electrons. The molecule has 0 heterocycles. The zero-order valence-electron chi connectivity index (χ0n) is 17.3. The fourth-order valence-corrected chi connectivity index (χ4v) is 3.34. The summed E-state index contributed by atoms with van der Waals surface area (Å²) in [6.07, 6.45) is 0. The predicted octanol–water partition coefficient (Wildman–Crippen LogP) is 5.28. The van der Waals surface area contributed by atoms with Crippen LogP contribution >= 0.6 is 34.8 Å². The van der Waals surface area contributed by atoms with Crippen molar-refractivity contribution >= 4 is 46.6 Å². The van der Waals surface area contributed by atoms with Gasteiger partial charge in [0.1, 0.15) is 11.8 Å². The van der Waals surface area contributed by atoms with Gasteiger partial charge >= 0.3 is 0 Å². The molecule has 0 fully saturated rings. The minimum atomic E-state index is -0.720. The summed E-state index contributed by atoms with van der Waals surface area (Å²) in [6.45, 7) is 7.16. The van der Waals surface area contributed by atoms with Gasteiger partial charge in [-0.15, -0.1) is 0 Å². The maximum absolute atomic E-state index is 13.0. The molecule has 1 atom stereocenters. The van der Waals surface area contributed by atoms with E-state index in [1.54, 1.807) is 43.3 Å². The molecule has 0 saturated carbocycles. The third-order valence-electron chi connectivity index (χ3n) is 4.45. The Morgan fingerprint density at radius 2 is 1.73 bits per heavy atom. The third kappa shape index (κ3) is 6.79. The first-order valence-corrected chi connectivity index (χ1v) is 10.6. The largest absolute Gasteiger partial charge is 0.484 e. The van der Waals surface area contributed by atoms with E-state index in [0.717, 1.165) is 5.56 Å². The molecule has 0 spiro atoms. The summed E-state index contributed by atoms with van der Waals surface area (Å²) >= 11 is 18.3. The maximum atomic E-state index is 13.0. The Morgan fingerprint density at radius 3 is 2.33 bits per heavy atom. The van der Waals surface area contributed by atoms with Crippen LogP contribution in [0.4, 0.5) is 0 Å². The second-order valence-corrected chi connectivity index (χ2v) is 8.55. The maximum Gasteiger partial charge on any atom is 0.261 e. The van der Waals surface area contributed by atoms with Crippen LogP contribution in [0.15, 0.2) is 36.4 Å². The minimum Gasteiger partial charge on any atom is -0.484 e. The number of hydrogen-bond acceptors (Lipinski definition) is 3. The number of halogens is 3. The van der Waals surface area contributed by atoms with E-state index in [1.807, 2.05) is 20.8 Å². The summed E-state index contributed by atoms with van der Waals surface area (Å²) in [5, 5.41) is 4.37. The van der Waals surface area contributed by atoms with Crippen LogP contribution in [0.1, 0.15) is 31.9 Å². The van der Waals surface area contributed by atoms with Crippen LogP contribution in [0.3, 0.4) is 0 Å². The quantitative estimate of drug-likeness (QED) is 0.570. The van der Waals surface area contributed by atoms with Crippen molar-refractivity contribution in [2.24, 2.45) is 0 Å². The van der Waals surface area contributed by atoms with Gasteiger partial charge in [-0.2, -0.15) is 0 Å². The SMILES string of the molecule is Cc1cc(OCC(=O)N(Cc2ccc(Cl)cc2Cl)[C@@H](C)C(=O)NC(C)C)ccc1Cl. The predicted molar refractivity (Wildman–Crippen MR) is 121 cm³/mol. The summed E-state index contributed by atoms with van der Waals surface area (Å²) in [7, 11) is 0. The number of aryl methyl sites for hydroxylation is 1. The van der Waals surface area contributed by atoms with E-state index in [9.17, 15) is 9.59 Å². The lowest BCUT2D eigenvalue weighted by molar-refractivity contribution is -0.142. The summed E-state index contributed by atoms with van der Waals surface area (Å²) < 4.78 is 5.65. The Bertz CT molecular complexity index is 918. The first-order chi connectivity index (χ1) is 14.1. The Hall–Kier alpha value is -1.95. The van der Waals surface area contributed by atoms with Crippen molar-refractivity contribution < 1.29 is 14.3 Å². The van der Waals surface area contributed by atoms with Gasteiger partial charge < -0.3 is 15.0 Å². The molecule has 0 unspecified atom stereocenters. The monoisotopic (exact) mass is 470 g/mol. The van der Waals surface area contributed by atoms with E-state index in [4.69, 9.17) is 39.5 Å². The van der Waals surface area contributed by atoms with Gasteiger partial charge in [-0.3, -0.25) is 9.59 Å². The number of rotatable bonds is 8. The van der Waals surface area contributed by atoms with Crippen LogP contribution in [-0.4, -0.2) is 35.4 Å². The highest BCUT2D eigenvalue weighted by Crippen LogP contribution is 2.24. The van der Waals surface area contributed by atoms with Gasteiger partial charge in [-0.05, 0) is 69.2 Å². The smallest absolute Gasteiger partial charge is 0.261 e. The zero-order valence-corrected chi connectivity index (χ0v) is 19.6. The molecule has 0 aliphatic heterocycles. The van der Waals surface area contributed by atoms with Gasteiger partial charge in [0.05, 0.1) is 0 Å². The molecule has 0 aliphatic rings. The van der Waals surface area contributed by atoms with Crippen LogP contribution in [0.5, 0.6) is 5.75 Å². The van der Waals surface area contributed by atoms with E-state index in [1.165, 1.54) is 4.90 Å².